The van der Waals surface area contributed by atoms with Gasteiger partial charge in [0.15, 0.2) is 5.78 Å². The van der Waals surface area contributed by atoms with Gasteiger partial charge in [-0.15, -0.1) is 0 Å². The van der Waals surface area contributed by atoms with Crippen LogP contribution in [0.2, 0.25) is 0 Å². The van der Waals surface area contributed by atoms with E-state index in [1.54, 1.807) is 55.5 Å². The molecular weight excluding hydrogens is 621 g/mol. The van der Waals surface area contributed by atoms with Crippen LogP contribution >= 0.6 is 0 Å². The normalized spacial score (nSPS) is 23.8. The number of fused-ring (bicyclic) bond motifs is 2. The first kappa shape index (κ1) is 33.9. The minimum Gasteiger partial charge on any atom is -0.468 e. The topological polar surface area (TPSA) is 92.8 Å². The molecule has 1 spiro atoms. The molecule has 6 rings (SSSR count). The van der Waals surface area contributed by atoms with Crippen molar-refractivity contribution in [3.8, 4) is 0 Å². The molecule has 4 aromatic rings. The van der Waals surface area contributed by atoms with Crippen LogP contribution in [0.5, 0.6) is 0 Å². The summed E-state index contributed by atoms with van der Waals surface area (Å²) in [6.07, 6.45) is 6.63. The minimum atomic E-state index is -4.15. The third-order valence-corrected chi connectivity index (χ3v) is 12.3. The molecule has 0 aliphatic carbocycles. The molecule has 4 aromatic carbocycles. The van der Waals surface area contributed by atoms with Gasteiger partial charge < -0.3 is 4.74 Å². The van der Waals surface area contributed by atoms with Crippen LogP contribution in [0.3, 0.4) is 0 Å². The summed E-state index contributed by atoms with van der Waals surface area (Å²) in [4.78, 5) is 29.1. The second kappa shape index (κ2) is 13.5. The number of ether oxygens (including phenoxy) is 1. The molecule has 2 aliphatic rings. The smallest absolute Gasteiger partial charge is 0.325 e. The first-order chi connectivity index (χ1) is 23.1. The predicted molar refractivity (Wildman–Crippen MR) is 191 cm³/mol. The number of nitrogens with one attached hydrogen (secondary N) is 1. The Morgan fingerprint density at radius 3 is 2.29 bits per heavy atom. The lowest BCUT2D eigenvalue weighted by Gasteiger charge is -2.50. The summed E-state index contributed by atoms with van der Waals surface area (Å²) in [6.45, 7) is 5.88. The summed E-state index contributed by atoms with van der Waals surface area (Å²) in [5.74, 6) is -0.634. The van der Waals surface area contributed by atoms with Crippen LogP contribution in [0.15, 0.2) is 95.9 Å². The molecule has 1 N–H and O–H groups in total. The van der Waals surface area contributed by atoms with E-state index in [4.69, 9.17) is 4.74 Å². The van der Waals surface area contributed by atoms with Gasteiger partial charge in [-0.2, -0.15) is 0 Å². The molecule has 2 aliphatic heterocycles. The van der Waals surface area contributed by atoms with Gasteiger partial charge in [0, 0.05) is 11.6 Å². The third kappa shape index (κ3) is 5.83. The van der Waals surface area contributed by atoms with Crippen molar-refractivity contribution >= 4 is 38.2 Å². The lowest BCUT2D eigenvalue weighted by Crippen LogP contribution is -2.59. The van der Waals surface area contributed by atoms with Crippen LogP contribution in [0.4, 0.5) is 5.69 Å². The Labute approximate surface area is 284 Å². The summed E-state index contributed by atoms with van der Waals surface area (Å²) in [5.41, 5.74) is -0.0575. The molecular formula is C40H46N2O5S. The van der Waals surface area contributed by atoms with Crippen LogP contribution < -0.4 is 9.62 Å². The molecule has 2 heterocycles. The van der Waals surface area contributed by atoms with Crippen molar-refractivity contribution in [1.82, 2.24) is 5.32 Å². The van der Waals surface area contributed by atoms with E-state index in [1.165, 1.54) is 11.4 Å². The van der Waals surface area contributed by atoms with E-state index in [0.29, 0.717) is 17.7 Å². The first-order valence-electron chi connectivity index (χ1n) is 17.2. The fourth-order valence-corrected chi connectivity index (χ4v) is 9.84. The number of unbranched alkanes of at least 4 members (excludes halogenated alkanes) is 5. The number of esters is 1. The summed E-state index contributed by atoms with van der Waals surface area (Å²) in [6, 6.07) is 26.6. The van der Waals surface area contributed by atoms with Gasteiger partial charge in [0.1, 0.15) is 5.54 Å². The van der Waals surface area contributed by atoms with Crippen molar-refractivity contribution in [3.05, 3.63) is 108 Å². The number of carbonyl (C=O) groups is 2. The second-order valence-corrected chi connectivity index (χ2v) is 15.6. The third-order valence-electron chi connectivity index (χ3n) is 10.5. The van der Waals surface area contributed by atoms with Crippen molar-refractivity contribution in [2.45, 2.75) is 94.7 Å². The summed E-state index contributed by atoms with van der Waals surface area (Å²) in [5, 5.41) is 5.62. The van der Waals surface area contributed by atoms with Gasteiger partial charge in [0.25, 0.3) is 10.0 Å². The zero-order valence-electron chi connectivity index (χ0n) is 28.4. The Bertz CT molecular complexity index is 1920. The number of para-hydroxylation sites is 1. The van der Waals surface area contributed by atoms with Crippen LogP contribution in [-0.2, 0) is 19.6 Å². The number of rotatable bonds is 11. The molecule has 7 nitrogen and oxygen atoms in total. The maximum absolute atomic E-state index is 15.3. The van der Waals surface area contributed by atoms with E-state index in [9.17, 15) is 13.2 Å². The van der Waals surface area contributed by atoms with Crippen molar-refractivity contribution in [2.75, 3.05) is 11.4 Å². The number of sulfonamides is 1. The Morgan fingerprint density at radius 2 is 1.56 bits per heavy atom. The fraction of sp³-hybridized carbons (Fsp3) is 0.400. The van der Waals surface area contributed by atoms with E-state index in [-0.39, 0.29) is 17.1 Å². The largest absolute Gasteiger partial charge is 0.468 e. The summed E-state index contributed by atoms with van der Waals surface area (Å²) >= 11 is 0. The molecule has 1 unspecified atom stereocenters. The highest BCUT2D eigenvalue weighted by Gasteiger charge is 2.67. The zero-order chi connectivity index (χ0) is 34.1. The molecule has 1 saturated heterocycles. The van der Waals surface area contributed by atoms with Gasteiger partial charge >= 0.3 is 5.97 Å². The standard InChI is InChI=1S/C40H46N2O5S/c1-5-6-7-8-9-10-19-35-40(27-39(3,38(44)47-4)41-36(40)31-23-22-29-15-11-12-16-30(29)26-31)37(43)33-17-13-14-18-34(33)42(35)48(45,46)32-24-20-28(2)21-25-32/h11-18,20-26,35-36,41H,5-10,19,27H2,1-4H3/t35?,36-,39-,40+/m0/s1. The van der Waals surface area contributed by atoms with Gasteiger partial charge in [0.2, 0.25) is 0 Å². The maximum Gasteiger partial charge on any atom is 0.325 e. The molecule has 8 heteroatoms. The number of Topliss-reactive ketones (excluding diaryl/α,β-unsaturated/α-hetero) is 1. The van der Waals surface area contributed by atoms with Gasteiger partial charge in [-0.25, -0.2) is 8.42 Å². The lowest BCUT2D eigenvalue weighted by molar-refractivity contribution is -0.147. The number of hydrogen-bond donors (Lipinski definition) is 1. The number of nitrogens with zero attached hydrogens (tertiary/aromatic N) is 1. The number of anilines is 1. The van der Waals surface area contributed by atoms with Crippen LogP contribution in [-0.4, -0.2) is 38.9 Å². The Balaban J connectivity index is 1.59. The lowest BCUT2D eigenvalue weighted by atomic mass is 9.62. The van der Waals surface area contributed by atoms with E-state index in [2.05, 4.69) is 18.3 Å². The SMILES string of the molecule is CCCCCCCCC1N(S(=O)(=O)c2ccc(C)cc2)c2ccccc2C(=O)[C@]12C[C@@](C)(C(=O)OC)N[C@H]2c1ccc2ccccc2c1. The van der Waals surface area contributed by atoms with Gasteiger partial charge in [0.05, 0.1) is 29.1 Å². The van der Waals surface area contributed by atoms with Gasteiger partial charge in [-0.3, -0.25) is 19.2 Å². The highest BCUT2D eigenvalue weighted by molar-refractivity contribution is 7.92. The molecule has 4 atom stereocenters. The number of ketones is 1. The summed E-state index contributed by atoms with van der Waals surface area (Å²) in [7, 11) is -2.79. The number of benzene rings is 4. The van der Waals surface area contributed by atoms with E-state index in [1.807, 2.05) is 43.3 Å². The minimum absolute atomic E-state index is 0.0811. The summed E-state index contributed by atoms with van der Waals surface area (Å²) < 4.78 is 36.8. The predicted octanol–water partition coefficient (Wildman–Crippen LogP) is 8.31. The Hall–Kier alpha value is -4.01. The van der Waals surface area contributed by atoms with Gasteiger partial charge in [-0.05, 0) is 73.4 Å². The van der Waals surface area contributed by atoms with E-state index < -0.39 is 39.0 Å². The highest BCUT2D eigenvalue weighted by Crippen LogP contribution is 2.59. The maximum atomic E-state index is 15.3. The fourth-order valence-electron chi connectivity index (χ4n) is 8.08. The van der Waals surface area contributed by atoms with Crippen LogP contribution in [0, 0.1) is 12.3 Å². The second-order valence-electron chi connectivity index (χ2n) is 13.8. The van der Waals surface area contributed by atoms with Crippen LogP contribution in [0.25, 0.3) is 10.8 Å². The Kier molecular flexibility index (Phi) is 9.51. The number of hydrogen-bond acceptors (Lipinski definition) is 6. The molecule has 1 fully saturated rings. The van der Waals surface area contributed by atoms with E-state index >= 15 is 4.79 Å². The number of aryl methyl sites for hydroxylation is 1. The van der Waals surface area contributed by atoms with Crippen molar-refractivity contribution in [1.29, 1.82) is 0 Å². The average Bonchev–Trinajstić information content (AvgIpc) is 3.42. The number of carbonyl (C=O) groups excluding carboxylic acids is 2. The Morgan fingerprint density at radius 1 is 0.896 bits per heavy atom. The molecule has 48 heavy (non-hydrogen) atoms. The zero-order valence-corrected chi connectivity index (χ0v) is 29.2. The quantitative estimate of drug-likeness (QED) is 0.128. The molecule has 0 bridgehead atoms. The van der Waals surface area contributed by atoms with E-state index in [0.717, 1.165) is 60.4 Å². The van der Waals surface area contributed by atoms with Gasteiger partial charge in [-0.1, -0.05) is 112 Å². The number of methoxy groups -OCH3 is 1. The molecule has 0 aromatic heterocycles. The highest BCUT2D eigenvalue weighted by atomic mass is 32.2. The first-order valence-corrected chi connectivity index (χ1v) is 18.6. The van der Waals surface area contributed by atoms with Crippen molar-refractivity contribution in [3.63, 3.8) is 0 Å². The molecule has 0 radical (unpaired) electrons. The monoisotopic (exact) mass is 666 g/mol. The molecule has 0 amide bonds. The van der Waals surface area contributed by atoms with Crippen LogP contribution in [0.1, 0.15) is 92.7 Å². The average molecular weight is 667 g/mol. The van der Waals surface area contributed by atoms with Crippen molar-refractivity contribution < 1.29 is 22.7 Å². The molecule has 252 valence electrons. The van der Waals surface area contributed by atoms with Crippen molar-refractivity contribution in [2.24, 2.45) is 5.41 Å². The molecule has 0 saturated carbocycles.